The average Bonchev–Trinajstić information content (AvgIpc) is 2.76. The Balaban J connectivity index is 1.94. The number of hydrogen-bond donors (Lipinski definition) is 1. The highest BCUT2D eigenvalue weighted by atomic mass is 16.5. The molecule has 1 heterocycles. The molecule has 4 heteroatoms. The third-order valence-corrected chi connectivity index (χ3v) is 3.53. The van der Waals surface area contributed by atoms with Gasteiger partial charge in [0.05, 0.1) is 12.8 Å². The second-order valence-electron chi connectivity index (χ2n) is 5.10. The number of benzene rings is 1. The Hall–Kier alpha value is -1.81. The zero-order valence-corrected chi connectivity index (χ0v) is 12.6. The number of nitrogens with one attached hydrogen (secondary N) is 1. The van der Waals surface area contributed by atoms with Gasteiger partial charge in [-0.1, -0.05) is 23.4 Å². The molecule has 0 saturated carbocycles. The molecule has 2 aromatic rings. The van der Waals surface area contributed by atoms with Gasteiger partial charge in [0.15, 0.2) is 0 Å². The average molecular weight is 274 g/mol. The third kappa shape index (κ3) is 3.39. The number of hydrogen-bond acceptors (Lipinski definition) is 4. The van der Waals surface area contributed by atoms with Crippen LogP contribution < -0.4 is 10.1 Å². The summed E-state index contributed by atoms with van der Waals surface area (Å²) in [6, 6.07) is 8.48. The van der Waals surface area contributed by atoms with Crippen molar-refractivity contribution >= 4 is 0 Å². The van der Waals surface area contributed by atoms with E-state index in [0.29, 0.717) is 6.04 Å². The van der Waals surface area contributed by atoms with E-state index < -0.39 is 0 Å². The van der Waals surface area contributed by atoms with Crippen molar-refractivity contribution in [3.63, 3.8) is 0 Å². The van der Waals surface area contributed by atoms with E-state index in [9.17, 15) is 0 Å². The van der Waals surface area contributed by atoms with Crippen LogP contribution in [0.3, 0.4) is 0 Å². The maximum atomic E-state index is 5.38. The summed E-state index contributed by atoms with van der Waals surface area (Å²) < 4.78 is 10.6. The summed E-state index contributed by atoms with van der Waals surface area (Å²) in [6.07, 6.45) is 0.924. The summed E-state index contributed by atoms with van der Waals surface area (Å²) in [7, 11) is 1.71. The third-order valence-electron chi connectivity index (χ3n) is 3.53. The van der Waals surface area contributed by atoms with Crippen molar-refractivity contribution in [3.8, 4) is 5.75 Å². The van der Waals surface area contributed by atoms with E-state index in [1.807, 2.05) is 32.0 Å². The Morgan fingerprint density at radius 3 is 2.70 bits per heavy atom. The van der Waals surface area contributed by atoms with Crippen molar-refractivity contribution in [1.29, 1.82) is 0 Å². The summed E-state index contributed by atoms with van der Waals surface area (Å²) >= 11 is 0. The van der Waals surface area contributed by atoms with Crippen molar-refractivity contribution in [2.45, 2.75) is 39.8 Å². The van der Waals surface area contributed by atoms with Crippen molar-refractivity contribution in [3.05, 3.63) is 46.8 Å². The molecule has 0 fully saturated rings. The van der Waals surface area contributed by atoms with Crippen LogP contribution in [0.15, 0.2) is 28.8 Å². The van der Waals surface area contributed by atoms with E-state index in [2.05, 4.69) is 23.5 Å². The van der Waals surface area contributed by atoms with Gasteiger partial charge in [-0.15, -0.1) is 0 Å². The fourth-order valence-corrected chi connectivity index (χ4v) is 2.30. The van der Waals surface area contributed by atoms with Crippen molar-refractivity contribution in [1.82, 2.24) is 10.5 Å². The second-order valence-corrected chi connectivity index (χ2v) is 5.10. The van der Waals surface area contributed by atoms with Gasteiger partial charge in [-0.25, -0.2) is 0 Å². The van der Waals surface area contributed by atoms with Crippen LogP contribution in [-0.2, 0) is 13.0 Å². The summed E-state index contributed by atoms with van der Waals surface area (Å²) in [5.74, 6) is 1.83. The van der Waals surface area contributed by atoms with Crippen molar-refractivity contribution in [2.24, 2.45) is 0 Å². The predicted molar refractivity (Wildman–Crippen MR) is 79.0 cm³/mol. The molecule has 1 N–H and O–H groups in total. The molecule has 0 bridgehead atoms. The van der Waals surface area contributed by atoms with E-state index in [1.54, 1.807) is 7.11 Å². The summed E-state index contributed by atoms with van der Waals surface area (Å²) in [4.78, 5) is 0. The molecule has 20 heavy (non-hydrogen) atoms. The SMILES string of the molecule is COc1ccccc1CC(C)NCc1c(C)noc1C. The number of para-hydroxylation sites is 1. The van der Waals surface area contributed by atoms with E-state index >= 15 is 0 Å². The fraction of sp³-hybridized carbons (Fsp3) is 0.438. The normalized spacial score (nSPS) is 12.4. The Kier molecular flexibility index (Phi) is 4.79. The fourth-order valence-electron chi connectivity index (χ4n) is 2.30. The van der Waals surface area contributed by atoms with E-state index in [0.717, 1.165) is 35.7 Å². The van der Waals surface area contributed by atoms with Crippen molar-refractivity contribution < 1.29 is 9.26 Å². The molecule has 0 aliphatic heterocycles. The molecule has 1 aromatic carbocycles. The van der Waals surface area contributed by atoms with Gasteiger partial charge < -0.3 is 14.6 Å². The molecule has 1 aromatic heterocycles. The molecule has 0 aliphatic rings. The highest BCUT2D eigenvalue weighted by molar-refractivity contribution is 5.33. The number of methoxy groups -OCH3 is 1. The van der Waals surface area contributed by atoms with Gasteiger partial charge in [0.1, 0.15) is 11.5 Å². The first-order valence-electron chi connectivity index (χ1n) is 6.88. The van der Waals surface area contributed by atoms with Crippen LogP contribution in [0.5, 0.6) is 5.75 Å². The smallest absolute Gasteiger partial charge is 0.138 e. The minimum atomic E-state index is 0.347. The molecule has 0 aliphatic carbocycles. The number of nitrogens with zero attached hydrogens (tertiary/aromatic N) is 1. The zero-order valence-electron chi connectivity index (χ0n) is 12.6. The molecule has 4 nitrogen and oxygen atoms in total. The molecule has 0 radical (unpaired) electrons. The van der Waals surface area contributed by atoms with Gasteiger partial charge in [0, 0.05) is 18.2 Å². The Morgan fingerprint density at radius 2 is 2.05 bits per heavy atom. The first kappa shape index (κ1) is 14.6. The van der Waals surface area contributed by atoms with Gasteiger partial charge in [-0.3, -0.25) is 0 Å². The minimum Gasteiger partial charge on any atom is -0.496 e. The molecule has 1 atom stereocenters. The summed E-state index contributed by atoms with van der Waals surface area (Å²) in [5.41, 5.74) is 3.32. The monoisotopic (exact) mass is 274 g/mol. The number of aromatic nitrogens is 1. The molecule has 0 spiro atoms. The van der Waals surface area contributed by atoms with E-state index in [-0.39, 0.29) is 0 Å². The van der Waals surface area contributed by atoms with Gasteiger partial charge in [-0.05, 0) is 38.8 Å². The van der Waals surface area contributed by atoms with Gasteiger partial charge in [0.25, 0.3) is 0 Å². The molecular formula is C16H22N2O2. The molecular weight excluding hydrogens is 252 g/mol. The number of ether oxygens (including phenoxy) is 1. The van der Waals surface area contributed by atoms with Gasteiger partial charge in [-0.2, -0.15) is 0 Å². The first-order valence-corrected chi connectivity index (χ1v) is 6.88. The molecule has 0 amide bonds. The van der Waals surface area contributed by atoms with E-state index in [4.69, 9.17) is 9.26 Å². The maximum Gasteiger partial charge on any atom is 0.138 e. The van der Waals surface area contributed by atoms with Crippen LogP contribution in [0.4, 0.5) is 0 Å². The standard InChI is InChI=1S/C16H22N2O2/c1-11(9-14-7-5-6-8-16(14)19-4)17-10-15-12(2)18-20-13(15)3/h5-8,11,17H,9-10H2,1-4H3. The van der Waals surface area contributed by atoms with Gasteiger partial charge >= 0.3 is 0 Å². The van der Waals surface area contributed by atoms with Crippen LogP contribution in [-0.4, -0.2) is 18.3 Å². The van der Waals surface area contributed by atoms with Gasteiger partial charge in [0.2, 0.25) is 0 Å². The van der Waals surface area contributed by atoms with Crippen LogP contribution in [0.25, 0.3) is 0 Å². The molecule has 108 valence electrons. The molecule has 0 saturated heterocycles. The van der Waals surface area contributed by atoms with Crippen LogP contribution in [0.2, 0.25) is 0 Å². The minimum absolute atomic E-state index is 0.347. The second kappa shape index (κ2) is 6.57. The quantitative estimate of drug-likeness (QED) is 0.879. The molecule has 1 unspecified atom stereocenters. The number of aryl methyl sites for hydroxylation is 2. The Bertz CT molecular complexity index is 544. The van der Waals surface area contributed by atoms with Crippen LogP contribution >= 0.6 is 0 Å². The maximum absolute atomic E-state index is 5.38. The predicted octanol–water partition coefficient (Wildman–Crippen LogP) is 3.02. The van der Waals surface area contributed by atoms with Crippen molar-refractivity contribution in [2.75, 3.05) is 7.11 Å². The first-order chi connectivity index (χ1) is 9.61. The highest BCUT2D eigenvalue weighted by Crippen LogP contribution is 2.19. The van der Waals surface area contributed by atoms with Crippen LogP contribution in [0.1, 0.15) is 29.5 Å². The Labute approximate surface area is 120 Å². The summed E-state index contributed by atoms with van der Waals surface area (Å²) in [5, 5.41) is 7.48. The molecule has 2 rings (SSSR count). The van der Waals surface area contributed by atoms with Crippen LogP contribution in [0, 0.1) is 13.8 Å². The Morgan fingerprint density at radius 1 is 1.30 bits per heavy atom. The lowest BCUT2D eigenvalue weighted by Gasteiger charge is -2.15. The lowest BCUT2D eigenvalue weighted by Crippen LogP contribution is -2.28. The lowest BCUT2D eigenvalue weighted by molar-refractivity contribution is 0.391. The summed E-state index contributed by atoms with van der Waals surface area (Å²) in [6.45, 7) is 6.86. The largest absolute Gasteiger partial charge is 0.496 e. The highest BCUT2D eigenvalue weighted by Gasteiger charge is 2.11. The lowest BCUT2D eigenvalue weighted by atomic mass is 10.1. The topological polar surface area (TPSA) is 47.3 Å². The zero-order chi connectivity index (χ0) is 14.5. The number of rotatable bonds is 6. The van der Waals surface area contributed by atoms with E-state index in [1.165, 1.54) is 5.56 Å².